The Kier molecular flexibility index (Phi) is 3.96. The summed E-state index contributed by atoms with van der Waals surface area (Å²) in [6, 6.07) is 7.91. The van der Waals surface area contributed by atoms with Crippen LogP contribution < -0.4 is 21.7 Å². The lowest BCUT2D eigenvalue weighted by molar-refractivity contribution is 0.0942. The Morgan fingerprint density at radius 1 is 1.35 bits per heavy atom. The number of nitrogens with zero attached hydrogens (tertiary/aromatic N) is 1. The van der Waals surface area contributed by atoms with E-state index in [9.17, 15) is 9.59 Å². The number of carbonyl (C=O) groups is 2. The number of hydrogen-bond donors (Lipinski definition) is 3. The highest BCUT2D eigenvalue weighted by Gasteiger charge is 2.13. The summed E-state index contributed by atoms with van der Waals surface area (Å²) in [5, 5.41) is 3.52. The lowest BCUT2D eigenvalue weighted by Gasteiger charge is -2.07. The third-order valence-corrected chi connectivity index (χ3v) is 2.45. The number of aromatic nitrogens is 1. The molecule has 0 aliphatic rings. The van der Waals surface area contributed by atoms with Gasteiger partial charge < -0.3 is 15.0 Å². The molecule has 2 rings (SSSR count). The van der Waals surface area contributed by atoms with Crippen LogP contribution in [0, 0.1) is 0 Å². The molecule has 20 heavy (non-hydrogen) atoms. The molecule has 1 aromatic carbocycles. The van der Waals surface area contributed by atoms with Crippen molar-refractivity contribution in [1.82, 2.24) is 10.6 Å². The summed E-state index contributed by atoms with van der Waals surface area (Å²) < 4.78 is 10.3. The first-order valence-corrected chi connectivity index (χ1v) is 5.60. The number of primary amides is 1. The molecule has 1 heterocycles. The van der Waals surface area contributed by atoms with Gasteiger partial charge in [0.1, 0.15) is 12.4 Å². The maximum Gasteiger partial charge on any atom is 0.287 e. The van der Waals surface area contributed by atoms with Crippen LogP contribution in [-0.2, 0) is 6.61 Å². The number of hydrogen-bond acceptors (Lipinski definition) is 6. The van der Waals surface area contributed by atoms with Gasteiger partial charge in [-0.15, -0.1) is 0 Å². The van der Waals surface area contributed by atoms with Gasteiger partial charge in [0.2, 0.25) is 0 Å². The smallest absolute Gasteiger partial charge is 0.287 e. The summed E-state index contributed by atoms with van der Waals surface area (Å²) in [6.07, 6.45) is 0. The lowest BCUT2D eigenvalue weighted by Crippen LogP contribution is -2.30. The second kappa shape index (κ2) is 5.85. The SMILES string of the molecule is NNC(=O)c1cc(COc2ccccc2C(N)=O)on1. The molecule has 8 nitrogen and oxygen atoms in total. The molecule has 0 unspecified atom stereocenters. The van der Waals surface area contributed by atoms with E-state index in [0.29, 0.717) is 11.5 Å². The molecule has 104 valence electrons. The summed E-state index contributed by atoms with van der Waals surface area (Å²) in [5.74, 6) is 4.43. The Hall–Kier alpha value is -2.87. The molecule has 0 saturated carbocycles. The average molecular weight is 276 g/mol. The van der Waals surface area contributed by atoms with E-state index < -0.39 is 11.8 Å². The lowest BCUT2D eigenvalue weighted by atomic mass is 10.2. The molecular formula is C12H12N4O4. The zero-order chi connectivity index (χ0) is 14.5. The number of benzene rings is 1. The Labute approximate surface area is 113 Å². The third-order valence-electron chi connectivity index (χ3n) is 2.45. The first kappa shape index (κ1) is 13.6. The number of carbonyl (C=O) groups excluding carboxylic acids is 2. The summed E-state index contributed by atoms with van der Waals surface area (Å²) in [6.45, 7) is -0.00482. The second-order valence-corrected chi connectivity index (χ2v) is 3.80. The summed E-state index contributed by atoms with van der Waals surface area (Å²) in [5.41, 5.74) is 7.45. The van der Waals surface area contributed by atoms with Crippen molar-refractivity contribution in [2.75, 3.05) is 0 Å². The number of para-hydroxylation sites is 1. The molecule has 0 spiro atoms. The van der Waals surface area contributed by atoms with E-state index in [1.54, 1.807) is 24.3 Å². The maximum atomic E-state index is 11.2. The molecule has 5 N–H and O–H groups in total. The van der Waals surface area contributed by atoms with Crippen LogP contribution >= 0.6 is 0 Å². The molecule has 1 aromatic heterocycles. The normalized spacial score (nSPS) is 10.1. The van der Waals surface area contributed by atoms with Gasteiger partial charge in [0.25, 0.3) is 11.8 Å². The highest BCUT2D eigenvalue weighted by molar-refractivity contribution is 5.95. The van der Waals surface area contributed by atoms with Crippen molar-refractivity contribution in [3.8, 4) is 5.75 Å². The molecule has 2 amide bonds. The zero-order valence-corrected chi connectivity index (χ0v) is 10.3. The predicted octanol–water partition coefficient (Wildman–Crippen LogP) is -0.0440. The summed E-state index contributed by atoms with van der Waals surface area (Å²) >= 11 is 0. The van der Waals surface area contributed by atoms with Gasteiger partial charge in [-0.3, -0.25) is 15.0 Å². The number of rotatable bonds is 5. The van der Waals surface area contributed by atoms with E-state index >= 15 is 0 Å². The number of nitrogen functional groups attached to an aromatic ring is 1. The first-order valence-electron chi connectivity index (χ1n) is 5.60. The Morgan fingerprint density at radius 3 is 2.80 bits per heavy atom. The van der Waals surface area contributed by atoms with Gasteiger partial charge >= 0.3 is 0 Å². The van der Waals surface area contributed by atoms with Crippen molar-refractivity contribution < 1.29 is 18.8 Å². The van der Waals surface area contributed by atoms with E-state index in [4.69, 9.17) is 20.8 Å². The number of nitrogens with one attached hydrogen (secondary N) is 1. The van der Waals surface area contributed by atoms with Crippen LogP contribution in [0.1, 0.15) is 26.6 Å². The topological polar surface area (TPSA) is 133 Å². The minimum atomic E-state index is -0.596. The molecule has 0 aliphatic carbocycles. The maximum absolute atomic E-state index is 11.2. The molecule has 8 heteroatoms. The second-order valence-electron chi connectivity index (χ2n) is 3.80. The minimum absolute atomic E-state index is 0.00482. The highest BCUT2D eigenvalue weighted by Crippen LogP contribution is 2.18. The first-order chi connectivity index (χ1) is 9.61. The fourth-order valence-corrected chi connectivity index (χ4v) is 1.51. The zero-order valence-electron chi connectivity index (χ0n) is 10.3. The molecule has 0 fully saturated rings. The van der Waals surface area contributed by atoms with Crippen molar-refractivity contribution in [2.45, 2.75) is 6.61 Å². The van der Waals surface area contributed by atoms with Crippen LogP contribution in [0.3, 0.4) is 0 Å². The molecule has 0 atom stereocenters. The van der Waals surface area contributed by atoms with Crippen LogP contribution in [0.15, 0.2) is 34.9 Å². The van der Waals surface area contributed by atoms with Crippen molar-refractivity contribution in [1.29, 1.82) is 0 Å². The summed E-state index contributed by atoms with van der Waals surface area (Å²) in [7, 11) is 0. The fourth-order valence-electron chi connectivity index (χ4n) is 1.51. The Morgan fingerprint density at radius 2 is 2.10 bits per heavy atom. The van der Waals surface area contributed by atoms with Gasteiger partial charge in [0, 0.05) is 6.07 Å². The number of ether oxygens (including phenoxy) is 1. The van der Waals surface area contributed by atoms with Crippen molar-refractivity contribution in [3.05, 3.63) is 47.3 Å². The van der Waals surface area contributed by atoms with Crippen molar-refractivity contribution >= 4 is 11.8 Å². The highest BCUT2D eigenvalue weighted by atomic mass is 16.5. The standard InChI is InChI=1S/C12H12N4O4/c13-11(17)8-3-1-2-4-10(8)19-6-7-5-9(16-20-7)12(18)15-14/h1-5H,6,14H2,(H2,13,17)(H,15,18). The molecule has 0 saturated heterocycles. The van der Waals surface area contributed by atoms with Gasteiger partial charge in [-0.1, -0.05) is 17.3 Å². The Bertz CT molecular complexity index is 638. The largest absolute Gasteiger partial charge is 0.485 e. The van der Waals surface area contributed by atoms with Crippen LogP contribution in [0.25, 0.3) is 0 Å². The molecule has 0 radical (unpaired) electrons. The van der Waals surface area contributed by atoms with Gasteiger partial charge in [-0.25, -0.2) is 5.84 Å². The Balaban J connectivity index is 2.07. The van der Waals surface area contributed by atoms with E-state index in [2.05, 4.69) is 5.16 Å². The summed E-state index contributed by atoms with van der Waals surface area (Å²) in [4.78, 5) is 22.4. The molecule has 0 aliphatic heterocycles. The predicted molar refractivity (Wildman–Crippen MR) is 67.4 cm³/mol. The number of hydrazine groups is 1. The number of nitrogens with two attached hydrogens (primary N) is 2. The fraction of sp³-hybridized carbons (Fsp3) is 0.0833. The molecular weight excluding hydrogens is 264 g/mol. The quantitative estimate of drug-likeness (QED) is 0.398. The van der Waals surface area contributed by atoms with E-state index in [1.807, 2.05) is 5.43 Å². The van der Waals surface area contributed by atoms with Crippen LogP contribution in [-0.4, -0.2) is 17.0 Å². The van der Waals surface area contributed by atoms with Gasteiger partial charge in [-0.2, -0.15) is 0 Å². The van der Waals surface area contributed by atoms with Gasteiger partial charge in [0.15, 0.2) is 11.5 Å². The van der Waals surface area contributed by atoms with Crippen molar-refractivity contribution in [3.63, 3.8) is 0 Å². The van der Waals surface area contributed by atoms with Gasteiger partial charge in [-0.05, 0) is 12.1 Å². The van der Waals surface area contributed by atoms with Gasteiger partial charge in [0.05, 0.1) is 5.56 Å². The van der Waals surface area contributed by atoms with E-state index in [0.717, 1.165) is 0 Å². The average Bonchev–Trinajstić information content (AvgIpc) is 2.93. The van der Waals surface area contributed by atoms with E-state index in [-0.39, 0.29) is 17.9 Å². The monoisotopic (exact) mass is 276 g/mol. The number of amides is 2. The van der Waals surface area contributed by atoms with Crippen LogP contribution in [0.5, 0.6) is 5.75 Å². The molecule has 0 bridgehead atoms. The van der Waals surface area contributed by atoms with Crippen molar-refractivity contribution in [2.24, 2.45) is 11.6 Å². The van der Waals surface area contributed by atoms with Crippen LogP contribution in [0.2, 0.25) is 0 Å². The molecule has 2 aromatic rings. The third kappa shape index (κ3) is 2.93. The van der Waals surface area contributed by atoms with E-state index in [1.165, 1.54) is 6.07 Å². The van der Waals surface area contributed by atoms with Crippen LogP contribution in [0.4, 0.5) is 0 Å². The minimum Gasteiger partial charge on any atom is -0.485 e.